The highest BCUT2D eigenvalue weighted by molar-refractivity contribution is 5.26. The first-order chi connectivity index (χ1) is 6.33. The van der Waals surface area contributed by atoms with Crippen molar-refractivity contribution >= 4 is 0 Å². The van der Waals surface area contributed by atoms with Crippen LogP contribution in [0.15, 0.2) is 6.20 Å². The molecule has 0 N–H and O–H groups in total. The summed E-state index contributed by atoms with van der Waals surface area (Å²) in [6.45, 7) is 4.12. The van der Waals surface area contributed by atoms with Crippen LogP contribution in [0.5, 0.6) is 5.88 Å². The minimum atomic E-state index is 0.462. The Balaban J connectivity index is 1.97. The molecule has 0 aromatic carbocycles. The first kappa shape index (κ1) is 7.42. The molecule has 1 saturated carbocycles. The Hall–Kier alpha value is -0.990. The zero-order chi connectivity index (χ0) is 8.89. The second kappa shape index (κ2) is 2.28. The number of hydrogen-bond acceptors (Lipinski definition) is 2. The fourth-order valence-electron chi connectivity index (χ4n) is 2.00. The minimum Gasteiger partial charge on any atom is -0.477 e. The van der Waals surface area contributed by atoms with E-state index in [4.69, 9.17) is 4.74 Å². The smallest absolute Gasteiger partial charge is 0.215 e. The summed E-state index contributed by atoms with van der Waals surface area (Å²) in [6, 6.07) is 0. The SMILES string of the molecule is CCc1cnn2c1OCC1(CC1)C2. The van der Waals surface area contributed by atoms with Crippen molar-refractivity contribution in [3.05, 3.63) is 11.8 Å². The van der Waals surface area contributed by atoms with Crippen LogP contribution in [0.1, 0.15) is 25.3 Å². The molecular weight excluding hydrogens is 164 g/mol. The predicted octanol–water partition coefficient (Wildman–Crippen LogP) is 1.62. The molecule has 0 unspecified atom stereocenters. The topological polar surface area (TPSA) is 27.1 Å². The van der Waals surface area contributed by atoms with Crippen molar-refractivity contribution in [2.75, 3.05) is 6.61 Å². The van der Waals surface area contributed by atoms with Gasteiger partial charge < -0.3 is 4.74 Å². The van der Waals surface area contributed by atoms with E-state index in [0.29, 0.717) is 5.41 Å². The van der Waals surface area contributed by atoms with Gasteiger partial charge in [0.2, 0.25) is 5.88 Å². The molecule has 70 valence electrons. The molecule has 1 spiro atoms. The Bertz CT molecular complexity index is 339. The normalized spacial score (nSPS) is 22.5. The van der Waals surface area contributed by atoms with Crippen LogP contribution in [0.25, 0.3) is 0 Å². The molecule has 13 heavy (non-hydrogen) atoms. The fraction of sp³-hybridized carbons (Fsp3) is 0.700. The monoisotopic (exact) mass is 178 g/mol. The molecule has 1 aliphatic carbocycles. The summed E-state index contributed by atoms with van der Waals surface area (Å²) in [5, 5.41) is 4.35. The van der Waals surface area contributed by atoms with E-state index in [0.717, 1.165) is 25.5 Å². The molecule has 1 aromatic rings. The first-order valence-electron chi connectivity index (χ1n) is 5.00. The molecule has 0 amide bonds. The largest absolute Gasteiger partial charge is 0.477 e. The summed E-state index contributed by atoms with van der Waals surface area (Å²) in [7, 11) is 0. The Morgan fingerprint density at radius 3 is 3.15 bits per heavy atom. The lowest BCUT2D eigenvalue weighted by Gasteiger charge is -2.24. The van der Waals surface area contributed by atoms with Crippen LogP contribution in [-0.4, -0.2) is 16.4 Å². The Kier molecular flexibility index (Phi) is 1.30. The van der Waals surface area contributed by atoms with Gasteiger partial charge in [-0.2, -0.15) is 5.10 Å². The maximum atomic E-state index is 5.76. The molecule has 0 radical (unpaired) electrons. The van der Waals surface area contributed by atoms with E-state index in [9.17, 15) is 0 Å². The maximum Gasteiger partial charge on any atom is 0.215 e. The van der Waals surface area contributed by atoms with Crippen molar-refractivity contribution in [3.63, 3.8) is 0 Å². The molecule has 1 fully saturated rings. The van der Waals surface area contributed by atoms with Crippen LogP contribution in [0, 0.1) is 5.41 Å². The molecule has 0 bridgehead atoms. The third-order valence-corrected chi connectivity index (χ3v) is 3.20. The number of rotatable bonds is 1. The van der Waals surface area contributed by atoms with E-state index in [-0.39, 0.29) is 0 Å². The van der Waals surface area contributed by atoms with Gasteiger partial charge in [0.15, 0.2) is 0 Å². The average Bonchev–Trinajstić information content (AvgIpc) is 2.78. The quantitative estimate of drug-likeness (QED) is 0.653. The molecule has 1 aliphatic heterocycles. The Morgan fingerprint density at radius 2 is 2.46 bits per heavy atom. The highest BCUT2D eigenvalue weighted by atomic mass is 16.5. The van der Waals surface area contributed by atoms with Gasteiger partial charge in [-0.05, 0) is 19.3 Å². The summed E-state index contributed by atoms with van der Waals surface area (Å²) in [5.74, 6) is 1.01. The first-order valence-corrected chi connectivity index (χ1v) is 5.00. The molecule has 1 aromatic heterocycles. The highest BCUT2D eigenvalue weighted by Crippen LogP contribution is 2.50. The van der Waals surface area contributed by atoms with Crippen LogP contribution in [0.4, 0.5) is 0 Å². The van der Waals surface area contributed by atoms with Gasteiger partial charge in [0, 0.05) is 11.0 Å². The lowest BCUT2D eigenvalue weighted by atomic mass is 10.1. The summed E-state index contributed by atoms with van der Waals surface area (Å²) in [4.78, 5) is 0. The Morgan fingerprint density at radius 1 is 1.62 bits per heavy atom. The molecule has 3 nitrogen and oxygen atoms in total. The van der Waals surface area contributed by atoms with Gasteiger partial charge in [0.25, 0.3) is 0 Å². The lowest BCUT2D eigenvalue weighted by Crippen LogP contribution is -2.27. The number of nitrogens with zero attached hydrogens (tertiary/aromatic N) is 2. The summed E-state index contributed by atoms with van der Waals surface area (Å²) >= 11 is 0. The highest BCUT2D eigenvalue weighted by Gasteiger charge is 2.47. The molecule has 2 heterocycles. The van der Waals surface area contributed by atoms with Gasteiger partial charge in [-0.1, -0.05) is 6.92 Å². The second-order valence-corrected chi connectivity index (χ2v) is 4.27. The number of aryl methyl sites for hydroxylation is 1. The average molecular weight is 178 g/mol. The molecule has 3 rings (SSSR count). The van der Waals surface area contributed by atoms with Crippen LogP contribution in [0.2, 0.25) is 0 Å². The van der Waals surface area contributed by atoms with Crippen LogP contribution < -0.4 is 4.74 Å². The lowest BCUT2D eigenvalue weighted by molar-refractivity contribution is 0.147. The van der Waals surface area contributed by atoms with E-state index in [2.05, 4.69) is 12.0 Å². The van der Waals surface area contributed by atoms with E-state index < -0.39 is 0 Å². The Labute approximate surface area is 77.7 Å². The van der Waals surface area contributed by atoms with Gasteiger partial charge in [-0.15, -0.1) is 0 Å². The van der Waals surface area contributed by atoms with E-state index in [1.165, 1.54) is 18.4 Å². The van der Waals surface area contributed by atoms with Crippen LogP contribution >= 0.6 is 0 Å². The van der Waals surface area contributed by atoms with Crippen molar-refractivity contribution < 1.29 is 4.74 Å². The maximum absolute atomic E-state index is 5.76. The number of fused-ring (bicyclic) bond motifs is 1. The van der Waals surface area contributed by atoms with Crippen molar-refractivity contribution in [1.82, 2.24) is 9.78 Å². The van der Waals surface area contributed by atoms with Gasteiger partial charge in [0.1, 0.15) is 0 Å². The number of hydrogen-bond donors (Lipinski definition) is 0. The standard InChI is InChI=1S/C10H14N2O/c1-2-8-5-11-12-6-10(3-4-10)7-13-9(8)12/h5H,2-4,6-7H2,1H3. The van der Waals surface area contributed by atoms with Crippen molar-refractivity contribution in [2.24, 2.45) is 5.41 Å². The van der Waals surface area contributed by atoms with Crippen molar-refractivity contribution in [3.8, 4) is 5.88 Å². The summed E-state index contributed by atoms with van der Waals surface area (Å²) < 4.78 is 7.80. The second-order valence-electron chi connectivity index (χ2n) is 4.27. The van der Waals surface area contributed by atoms with E-state index in [1.54, 1.807) is 0 Å². The van der Waals surface area contributed by atoms with Crippen LogP contribution in [0.3, 0.4) is 0 Å². The van der Waals surface area contributed by atoms with Crippen molar-refractivity contribution in [1.29, 1.82) is 0 Å². The zero-order valence-electron chi connectivity index (χ0n) is 7.92. The molecule has 0 saturated heterocycles. The zero-order valence-corrected chi connectivity index (χ0v) is 7.92. The van der Waals surface area contributed by atoms with Gasteiger partial charge in [-0.3, -0.25) is 0 Å². The fourth-order valence-corrected chi connectivity index (χ4v) is 2.00. The van der Waals surface area contributed by atoms with Crippen molar-refractivity contribution in [2.45, 2.75) is 32.7 Å². The van der Waals surface area contributed by atoms with E-state index >= 15 is 0 Å². The predicted molar refractivity (Wildman–Crippen MR) is 48.8 cm³/mol. The number of aromatic nitrogens is 2. The summed E-state index contributed by atoms with van der Waals surface area (Å²) in [5.41, 5.74) is 1.71. The summed E-state index contributed by atoms with van der Waals surface area (Å²) in [6.07, 6.45) is 5.58. The number of ether oxygens (including phenoxy) is 1. The molecule has 2 aliphatic rings. The third kappa shape index (κ3) is 0.992. The van der Waals surface area contributed by atoms with E-state index in [1.807, 2.05) is 10.9 Å². The molecule has 0 atom stereocenters. The minimum absolute atomic E-state index is 0.462. The van der Waals surface area contributed by atoms with Gasteiger partial charge in [0.05, 0.1) is 19.3 Å². The molecule has 3 heteroatoms. The third-order valence-electron chi connectivity index (χ3n) is 3.20. The van der Waals surface area contributed by atoms with Gasteiger partial charge in [-0.25, -0.2) is 4.68 Å². The van der Waals surface area contributed by atoms with Crippen LogP contribution in [-0.2, 0) is 13.0 Å². The molecular formula is C10H14N2O. The van der Waals surface area contributed by atoms with Gasteiger partial charge >= 0.3 is 0 Å².